The van der Waals surface area contributed by atoms with E-state index in [4.69, 9.17) is 4.74 Å². The van der Waals surface area contributed by atoms with Crippen molar-refractivity contribution in [2.45, 2.75) is 32.7 Å². The Morgan fingerprint density at radius 3 is 2.71 bits per heavy atom. The molecule has 2 amide bonds. The van der Waals surface area contributed by atoms with Crippen LogP contribution in [-0.4, -0.2) is 25.2 Å². The van der Waals surface area contributed by atoms with Crippen molar-refractivity contribution in [1.82, 2.24) is 5.32 Å². The number of urea groups is 1. The summed E-state index contributed by atoms with van der Waals surface area (Å²) in [5.41, 5.74) is 3.53. The Labute approximate surface area is 143 Å². The molecule has 24 heavy (non-hydrogen) atoms. The van der Waals surface area contributed by atoms with Crippen LogP contribution in [0.15, 0.2) is 48.5 Å². The van der Waals surface area contributed by atoms with Crippen molar-refractivity contribution in [2.75, 3.05) is 18.1 Å². The molecule has 1 heterocycles. The molecule has 3 rings (SSSR count). The molecule has 4 heteroatoms. The Bertz CT molecular complexity index is 697. The fraction of sp³-hybridized carbons (Fsp3) is 0.350. The molecule has 0 saturated carbocycles. The number of anilines is 1. The Morgan fingerprint density at radius 1 is 1.21 bits per heavy atom. The molecule has 0 bridgehead atoms. The van der Waals surface area contributed by atoms with Crippen molar-refractivity contribution in [3.63, 3.8) is 0 Å². The van der Waals surface area contributed by atoms with E-state index >= 15 is 0 Å². The number of hydrogen-bond donors (Lipinski definition) is 1. The number of rotatable bonds is 5. The lowest BCUT2D eigenvalue weighted by Gasteiger charge is -2.23. The Kier molecular flexibility index (Phi) is 5.04. The maximum atomic E-state index is 12.5. The highest BCUT2D eigenvalue weighted by Crippen LogP contribution is 2.31. The zero-order valence-electron chi connectivity index (χ0n) is 14.3. The van der Waals surface area contributed by atoms with Crippen molar-refractivity contribution in [2.24, 2.45) is 0 Å². The lowest BCUT2D eigenvalue weighted by molar-refractivity contribution is 0.240. The Balaban J connectivity index is 1.49. The molecule has 2 aromatic carbocycles. The number of fused-ring (bicyclic) bond motifs is 1. The van der Waals surface area contributed by atoms with E-state index < -0.39 is 0 Å². The summed E-state index contributed by atoms with van der Waals surface area (Å²) < 4.78 is 5.68. The minimum atomic E-state index is -0.0580. The molecule has 0 saturated heterocycles. The zero-order chi connectivity index (χ0) is 16.9. The van der Waals surface area contributed by atoms with Gasteiger partial charge in [-0.3, -0.25) is 4.90 Å². The number of nitrogens with one attached hydrogen (secondary N) is 1. The average Bonchev–Trinajstić information content (AvgIpc) is 2.95. The van der Waals surface area contributed by atoms with Crippen molar-refractivity contribution >= 4 is 11.7 Å². The van der Waals surface area contributed by atoms with E-state index in [-0.39, 0.29) is 12.1 Å². The van der Waals surface area contributed by atoms with Crippen LogP contribution in [0.25, 0.3) is 0 Å². The lowest BCUT2D eigenvalue weighted by atomic mass is 10.1. The first-order valence-corrected chi connectivity index (χ1v) is 8.55. The molecule has 1 unspecified atom stereocenters. The van der Waals surface area contributed by atoms with E-state index in [0.29, 0.717) is 13.2 Å². The van der Waals surface area contributed by atoms with Crippen molar-refractivity contribution < 1.29 is 9.53 Å². The standard InChI is InChI=1S/C20H24N2O2/c1-3-16-8-10-18(11-9-16)24-13-12-21-20(23)22-15(2)14-17-6-4-5-7-19(17)22/h4-11,15H,3,12-14H2,1-2H3,(H,21,23). The molecule has 1 atom stereocenters. The molecular formula is C20H24N2O2. The number of carbonyl (C=O) groups is 1. The predicted octanol–water partition coefficient (Wildman–Crippen LogP) is 3.79. The number of carbonyl (C=O) groups excluding carboxylic acids is 1. The van der Waals surface area contributed by atoms with Gasteiger partial charge in [0, 0.05) is 11.7 Å². The molecule has 0 aliphatic carbocycles. The topological polar surface area (TPSA) is 41.6 Å². The van der Waals surface area contributed by atoms with Gasteiger partial charge in [0.25, 0.3) is 0 Å². The molecule has 126 valence electrons. The van der Waals surface area contributed by atoms with Gasteiger partial charge < -0.3 is 10.1 Å². The van der Waals surface area contributed by atoms with E-state index in [1.54, 1.807) is 0 Å². The van der Waals surface area contributed by atoms with Gasteiger partial charge in [0.15, 0.2) is 0 Å². The second kappa shape index (κ2) is 7.39. The highest BCUT2D eigenvalue weighted by atomic mass is 16.5. The van der Waals surface area contributed by atoms with E-state index in [1.165, 1.54) is 11.1 Å². The van der Waals surface area contributed by atoms with Gasteiger partial charge in [-0.05, 0) is 49.1 Å². The van der Waals surface area contributed by atoms with Gasteiger partial charge >= 0.3 is 6.03 Å². The molecule has 2 aromatic rings. The number of ether oxygens (including phenoxy) is 1. The molecule has 0 radical (unpaired) electrons. The normalized spacial score (nSPS) is 15.9. The van der Waals surface area contributed by atoms with Crippen LogP contribution in [0.4, 0.5) is 10.5 Å². The van der Waals surface area contributed by atoms with Gasteiger partial charge in [0.05, 0.1) is 6.54 Å². The quantitative estimate of drug-likeness (QED) is 0.850. The molecule has 4 nitrogen and oxygen atoms in total. The first-order chi connectivity index (χ1) is 11.7. The van der Waals surface area contributed by atoms with Crippen LogP contribution < -0.4 is 15.0 Å². The van der Waals surface area contributed by atoms with Gasteiger partial charge in [0.1, 0.15) is 12.4 Å². The summed E-state index contributed by atoms with van der Waals surface area (Å²) in [7, 11) is 0. The van der Waals surface area contributed by atoms with Crippen molar-refractivity contribution in [3.05, 3.63) is 59.7 Å². The van der Waals surface area contributed by atoms with Gasteiger partial charge in [-0.25, -0.2) is 4.79 Å². The fourth-order valence-electron chi connectivity index (χ4n) is 3.11. The van der Waals surface area contributed by atoms with E-state index in [0.717, 1.165) is 24.3 Å². The summed E-state index contributed by atoms with van der Waals surface area (Å²) in [6, 6.07) is 16.3. The fourth-order valence-corrected chi connectivity index (χ4v) is 3.11. The van der Waals surface area contributed by atoms with Gasteiger partial charge in [-0.15, -0.1) is 0 Å². The molecular weight excluding hydrogens is 300 g/mol. The Hall–Kier alpha value is -2.49. The maximum Gasteiger partial charge on any atom is 0.322 e. The summed E-state index contributed by atoms with van der Waals surface area (Å²) in [5.74, 6) is 0.835. The minimum absolute atomic E-state index is 0.0580. The number of amides is 2. The van der Waals surface area contributed by atoms with Gasteiger partial charge in [0.2, 0.25) is 0 Å². The van der Waals surface area contributed by atoms with Crippen LogP contribution in [0.1, 0.15) is 25.0 Å². The third kappa shape index (κ3) is 3.53. The second-order valence-corrected chi connectivity index (χ2v) is 6.13. The minimum Gasteiger partial charge on any atom is -0.492 e. The summed E-state index contributed by atoms with van der Waals surface area (Å²) in [4.78, 5) is 14.3. The third-order valence-corrected chi connectivity index (χ3v) is 4.40. The van der Waals surface area contributed by atoms with Crippen molar-refractivity contribution in [1.29, 1.82) is 0 Å². The number of nitrogens with zero attached hydrogens (tertiary/aromatic N) is 1. The average molecular weight is 324 g/mol. The molecule has 1 aliphatic heterocycles. The van der Waals surface area contributed by atoms with Crippen molar-refractivity contribution in [3.8, 4) is 5.75 Å². The SMILES string of the molecule is CCc1ccc(OCCNC(=O)N2c3ccccc3CC2C)cc1. The predicted molar refractivity (Wildman–Crippen MR) is 96.8 cm³/mol. The van der Waals surface area contributed by atoms with Crippen LogP contribution in [0, 0.1) is 0 Å². The molecule has 1 aliphatic rings. The number of hydrogen-bond acceptors (Lipinski definition) is 2. The van der Waals surface area contributed by atoms with Crippen LogP contribution in [0.2, 0.25) is 0 Å². The molecule has 0 fully saturated rings. The van der Waals surface area contributed by atoms with Gasteiger partial charge in [-0.1, -0.05) is 37.3 Å². The summed E-state index contributed by atoms with van der Waals surface area (Å²) >= 11 is 0. The summed E-state index contributed by atoms with van der Waals surface area (Å²) in [6.07, 6.45) is 1.93. The number of aryl methyl sites for hydroxylation is 1. The van der Waals surface area contributed by atoms with E-state index in [9.17, 15) is 4.79 Å². The zero-order valence-corrected chi connectivity index (χ0v) is 14.3. The monoisotopic (exact) mass is 324 g/mol. The lowest BCUT2D eigenvalue weighted by Crippen LogP contribution is -2.44. The van der Waals surface area contributed by atoms with Crippen LogP contribution in [0.5, 0.6) is 5.75 Å². The van der Waals surface area contributed by atoms with Gasteiger partial charge in [-0.2, -0.15) is 0 Å². The summed E-state index contributed by atoms with van der Waals surface area (Å²) in [5, 5.41) is 2.95. The molecule has 1 N–H and O–H groups in total. The summed E-state index contributed by atoms with van der Waals surface area (Å²) in [6.45, 7) is 5.15. The number of benzene rings is 2. The smallest absolute Gasteiger partial charge is 0.322 e. The number of para-hydroxylation sites is 1. The highest BCUT2D eigenvalue weighted by Gasteiger charge is 2.30. The van der Waals surface area contributed by atoms with E-state index in [2.05, 4.69) is 37.4 Å². The van der Waals surface area contributed by atoms with Crippen LogP contribution in [0.3, 0.4) is 0 Å². The Morgan fingerprint density at radius 2 is 1.96 bits per heavy atom. The molecule has 0 aromatic heterocycles. The first kappa shape index (κ1) is 16.4. The van der Waals surface area contributed by atoms with Crippen LogP contribution in [-0.2, 0) is 12.8 Å². The maximum absolute atomic E-state index is 12.5. The first-order valence-electron chi connectivity index (χ1n) is 8.55. The largest absolute Gasteiger partial charge is 0.492 e. The molecule has 0 spiro atoms. The third-order valence-electron chi connectivity index (χ3n) is 4.40. The van der Waals surface area contributed by atoms with Crippen LogP contribution >= 0.6 is 0 Å². The van der Waals surface area contributed by atoms with E-state index in [1.807, 2.05) is 35.2 Å². The highest BCUT2D eigenvalue weighted by molar-refractivity contribution is 5.94. The second-order valence-electron chi connectivity index (χ2n) is 6.13.